The molecule has 0 radical (unpaired) electrons. The van der Waals surface area contributed by atoms with Crippen molar-refractivity contribution < 1.29 is 27.9 Å². The van der Waals surface area contributed by atoms with Crippen LogP contribution in [-0.2, 0) is 9.59 Å². The minimum atomic E-state index is -2.96. The highest BCUT2D eigenvalue weighted by atomic mass is 19.3. The summed E-state index contributed by atoms with van der Waals surface area (Å²) < 4.78 is 28.8. The highest BCUT2D eigenvalue weighted by Crippen LogP contribution is 2.18. The number of nitrogens with zero attached hydrogens (tertiary/aromatic N) is 2. The Morgan fingerprint density at radius 1 is 1.19 bits per heavy atom. The quantitative estimate of drug-likeness (QED) is 0.757. The lowest BCUT2D eigenvalue weighted by molar-refractivity contribution is -0.133. The molecule has 3 amide bonds. The average molecular weight is 367 g/mol. The maximum Gasteiger partial charge on any atom is 0.387 e. The van der Waals surface area contributed by atoms with Gasteiger partial charge in [0.1, 0.15) is 5.75 Å². The monoisotopic (exact) mass is 367 g/mol. The summed E-state index contributed by atoms with van der Waals surface area (Å²) in [5, 5.41) is 2.41. The second-order valence-corrected chi connectivity index (χ2v) is 5.50. The lowest BCUT2D eigenvalue weighted by Crippen LogP contribution is -2.52. The fourth-order valence-electron chi connectivity index (χ4n) is 2.49. The van der Waals surface area contributed by atoms with E-state index in [9.17, 15) is 23.2 Å². The summed E-state index contributed by atoms with van der Waals surface area (Å²) in [6.45, 7) is 1.46. The molecular formula is C17H19F2N3O4. The Kier molecular flexibility index (Phi) is 6.65. The molecule has 0 saturated carbocycles. The minimum absolute atomic E-state index is 0.0855. The maximum atomic E-state index is 12.5. The number of piperazine rings is 1. The number of carbonyl (C=O) groups excluding carboxylic acids is 3. The third-order valence-corrected chi connectivity index (χ3v) is 3.82. The van der Waals surface area contributed by atoms with Crippen molar-refractivity contribution in [2.45, 2.75) is 6.61 Å². The van der Waals surface area contributed by atoms with Gasteiger partial charge < -0.3 is 19.9 Å². The van der Waals surface area contributed by atoms with Gasteiger partial charge in [-0.05, 0) is 24.3 Å². The molecule has 0 aromatic heterocycles. The fourth-order valence-corrected chi connectivity index (χ4v) is 2.49. The Morgan fingerprint density at radius 3 is 2.46 bits per heavy atom. The molecule has 1 fully saturated rings. The summed E-state index contributed by atoms with van der Waals surface area (Å²) in [5.41, 5.74) is 0.237. The Morgan fingerprint density at radius 2 is 1.85 bits per heavy atom. The Labute approximate surface area is 149 Å². The molecule has 0 atom stereocenters. The molecule has 1 saturated heterocycles. The molecule has 0 unspecified atom stereocenters. The van der Waals surface area contributed by atoms with E-state index in [0.29, 0.717) is 26.2 Å². The number of rotatable bonds is 6. The van der Waals surface area contributed by atoms with Crippen LogP contribution in [0.2, 0.25) is 0 Å². The van der Waals surface area contributed by atoms with Crippen LogP contribution in [0.4, 0.5) is 8.78 Å². The van der Waals surface area contributed by atoms with Crippen LogP contribution in [0.1, 0.15) is 10.4 Å². The van der Waals surface area contributed by atoms with E-state index in [4.69, 9.17) is 0 Å². The van der Waals surface area contributed by atoms with E-state index in [0.717, 1.165) is 6.08 Å². The van der Waals surface area contributed by atoms with Crippen molar-refractivity contribution in [3.8, 4) is 5.75 Å². The molecule has 0 bridgehead atoms. The van der Waals surface area contributed by atoms with E-state index in [2.05, 4.69) is 16.6 Å². The van der Waals surface area contributed by atoms with Gasteiger partial charge in [-0.3, -0.25) is 14.4 Å². The SMILES string of the molecule is C=CC(=O)NCC(=O)N1CCN(C(=O)c2cccc(OC(F)F)c2)CC1. The van der Waals surface area contributed by atoms with Gasteiger partial charge in [0.25, 0.3) is 5.91 Å². The van der Waals surface area contributed by atoms with Gasteiger partial charge in [0.05, 0.1) is 6.54 Å². The zero-order chi connectivity index (χ0) is 19.1. The molecule has 1 aliphatic rings. The van der Waals surface area contributed by atoms with Crippen LogP contribution in [0.15, 0.2) is 36.9 Å². The van der Waals surface area contributed by atoms with Gasteiger partial charge in [0.15, 0.2) is 0 Å². The molecule has 1 aromatic rings. The van der Waals surface area contributed by atoms with Crippen molar-refractivity contribution in [1.82, 2.24) is 15.1 Å². The lowest BCUT2D eigenvalue weighted by Gasteiger charge is -2.34. The normalized spacial score (nSPS) is 14.1. The minimum Gasteiger partial charge on any atom is -0.435 e. The topological polar surface area (TPSA) is 79.0 Å². The third-order valence-electron chi connectivity index (χ3n) is 3.82. The largest absolute Gasteiger partial charge is 0.435 e. The Bertz CT molecular complexity index is 688. The van der Waals surface area contributed by atoms with Crippen LogP contribution < -0.4 is 10.1 Å². The first-order valence-corrected chi connectivity index (χ1v) is 7.93. The average Bonchev–Trinajstić information content (AvgIpc) is 2.65. The van der Waals surface area contributed by atoms with Gasteiger partial charge in [0, 0.05) is 31.7 Å². The van der Waals surface area contributed by atoms with Crippen LogP contribution in [0.5, 0.6) is 5.75 Å². The number of halogens is 2. The van der Waals surface area contributed by atoms with Crippen molar-refractivity contribution in [1.29, 1.82) is 0 Å². The summed E-state index contributed by atoms with van der Waals surface area (Å²) in [4.78, 5) is 38.6. The van der Waals surface area contributed by atoms with E-state index in [1.165, 1.54) is 29.2 Å². The fraction of sp³-hybridized carbons (Fsp3) is 0.353. The van der Waals surface area contributed by atoms with Crippen molar-refractivity contribution >= 4 is 17.7 Å². The first kappa shape index (κ1) is 19.4. The number of amides is 3. The number of carbonyl (C=O) groups is 3. The molecule has 0 spiro atoms. The molecule has 2 rings (SSSR count). The van der Waals surface area contributed by atoms with Crippen LogP contribution >= 0.6 is 0 Å². The third kappa shape index (κ3) is 5.27. The zero-order valence-electron chi connectivity index (χ0n) is 14.0. The summed E-state index contributed by atoms with van der Waals surface area (Å²) in [6, 6.07) is 5.59. The number of hydrogen-bond donors (Lipinski definition) is 1. The molecule has 1 aromatic carbocycles. The van der Waals surface area contributed by atoms with Crippen LogP contribution in [0.3, 0.4) is 0 Å². The van der Waals surface area contributed by atoms with Gasteiger partial charge in [-0.15, -0.1) is 0 Å². The lowest BCUT2D eigenvalue weighted by atomic mass is 10.1. The van der Waals surface area contributed by atoms with E-state index < -0.39 is 12.5 Å². The van der Waals surface area contributed by atoms with Gasteiger partial charge in [-0.25, -0.2) is 0 Å². The second kappa shape index (κ2) is 8.93. The molecule has 1 N–H and O–H groups in total. The Hall–Kier alpha value is -2.97. The van der Waals surface area contributed by atoms with Crippen molar-refractivity contribution in [2.24, 2.45) is 0 Å². The molecule has 1 aliphatic heterocycles. The molecule has 26 heavy (non-hydrogen) atoms. The van der Waals surface area contributed by atoms with Crippen LogP contribution in [0.25, 0.3) is 0 Å². The maximum absolute atomic E-state index is 12.5. The van der Waals surface area contributed by atoms with Crippen molar-refractivity contribution in [2.75, 3.05) is 32.7 Å². The second-order valence-electron chi connectivity index (χ2n) is 5.50. The molecule has 1 heterocycles. The molecule has 0 aliphatic carbocycles. The molecule has 7 nitrogen and oxygen atoms in total. The van der Waals surface area contributed by atoms with E-state index in [-0.39, 0.29) is 29.7 Å². The summed E-state index contributed by atoms with van der Waals surface area (Å²) in [6.07, 6.45) is 1.08. The highest BCUT2D eigenvalue weighted by molar-refractivity contribution is 5.95. The standard InChI is InChI=1S/C17H19F2N3O4/c1-2-14(23)20-11-15(24)21-6-8-22(9-7-21)16(25)12-4-3-5-13(10-12)26-17(18)19/h2-5,10,17H,1,6-9,11H2,(H,20,23). The number of nitrogens with one attached hydrogen (secondary N) is 1. The first-order chi connectivity index (χ1) is 12.4. The highest BCUT2D eigenvalue weighted by Gasteiger charge is 2.25. The molecule has 140 valence electrons. The van der Waals surface area contributed by atoms with Crippen molar-refractivity contribution in [3.05, 3.63) is 42.5 Å². The van der Waals surface area contributed by atoms with E-state index in [1.54, 1.807) is 4.90 Å². The van der Waals surface area contributed by atoms with Crippen LogP contribution in [0, 0.1) is 0 Å². The summed E-state index contributed by atoms with van der Waals surface area (Å²) >= 11 is 0. The number of ether oxygens (including phenoxy) is 1. The number of hydrogen-bond acceptors (Lipinski definition) is 4. The van der Waals surface area contributed by atoms with Gasteiger partial charge >= 0.3 is 6.61 Å². The molecular weight excluding hydrogens is 348 g/mol. The summed E-state index contributed by atoms with van der Waals surface area (Å²) in [7, 11) is 0. The van der Waals surface area contributed by atoms with Crippen molar-refractivity contribution in [3.63, 3.8) is 0 Å². The Balaban J connectivity index is 1.89. The zero-order valence-corrected chi connectivity index (χ0v) is 14.0. The summed E-state index contributed by atoms with van der Waals surface area (Å²) in [5.74, 6) is -1.09. The van der Waals surface area contributed by atoms with Gasteiger partial charge in [-0.2, -0.15) is 8.78 Å². The predicted molar refractivity (Wildman–Crippen MR) is 88.8 cm³/mol. The van der Waals surface area contributed by atoms with Crippen LogP contribution in [-0.4, -0.2) is 66.9 Å². The first-order valence-electron chi connectivity index (χ1n) is 7.93. The number of alkyl halides is 2. The van der Waals surface area contributed by atoms with E-state index >= 15 is 0 Å². The predicted octanol–water partition coefficient (Wildman–Crippen LogP) is 0.875. The van der Waals surface area contributed by atoms with Gasteiger partial charge in [0.2, 0.25) is 11.8 Å². The smallest absolute Gasteiger partial charge is 0.387 e. The number of benzene rings is 1. The van der Waals surface area contributed by atoms with E-state index in [1.807, 2.05) is 0 Å². The van der Waals surface area contributed by atoms with Gasteiger partial charge in [-0.1, -0.05) is 12.6 Å². The molecule has 9 heteroatoms.